The fourth-order valence-corrected chi connectivity index (χ4v) is 0.696. The lowest BCUT2D eigenvalue weighted by atomic mass is 10.2. The van der Waals surface area contributed by atoms with Gasteiger partial charge < -0.3 is 11.1 Å². The monoisotopic (exact) mass is 142 g/mol. The lowest BCUT2D eigenvalue weighted by molar-refractivity contribution is 0.564. The maximum absolute atomic E-state index is 5.69. The highest BCUT2D eigenvalue weighted by Gasteiger charge is 1.95. The molecule has 0 aliphatic carbocycles. The molecule has 0 aliphatic heterocycles. The zero-order valence-corrected chi connectivity index (χ0v) is 6.77. The molecule has 0 bridgehead atoms. The van der Waals surface area contributed by atoms with Crippen molar-refractivity contribution in [1.82, 2.24) is 5.32 Å². The fourth-order valence-electron chi connectivity index (χ4n) is 0.696. The Kier molecular flexibility index (Phi) is 6.55. The predicted molar refractivity (Wildman–Crippen MR) is 46.0 cm³/mol. The normalized spacial score (nSPS) is 13.0. The van der Waals surface area contributed by atoms with Gasteiger partial charge in [0, 0.05) is 12.6 Å². The highest BCUT2D eigenvalue weighted by atomic mass is 14.8. The van der Waals surface area contributed by atoms with E-state index in [1.165, 1.54) is 0 Å². The second-order valence-corrected chi connectivity index (χ2v) is 2.45. The summed E-state index contributed by atoms with van der Waals surface area (Å²) in [6.45, 7) is 7.60. The van der Waals surface area contributed by atoms with Crippen molar-refractivity contribution in [2.45, 2.75) is 25.8 Å². The molecular weight excluding hydrogens is 124 g/mol. The van der Waals surface area contributed by atoms with Gasteiger partial charge in [0.05, 0.1) is 0 Å². The van der Waals surface area contributed by atoms with Crippen molar-refractivity contribution < 1.29 is 0 Å². The second-order valence-electron chi connectivity index (χ2n) is 2.45. The molecule has 0 aromatic rings. The quantitative estimate of drug-likeness (QED) is 0.427. The molecule has 0 aliphatic rings. The Labute approximate surface area is 63.5 Å². The molecule has 1 unspecified atom stereocenters. The van der Waals surface area contributed by atoms with Gasteiger partial charge in [-0.3, -0.25) is 0 Å². The first-order valence-electron chi connectivity index (χ1n) is 3.88. The summed E-state index contributed by atoms with van der Waals surface area (Å²) in [4.78, 5) is 0. The van der Waals surface area contributed by atoms with Crippen LogP contribution in [-0.4, -0.2) is 19.1 Å². The summed E-state index contributed by atoms with van der Waals surface area (Å²) in [5, 5.41) is 3.20. The maximum atomic E-state index is 5.69. The van der Waals surface area contributed by atoms with E-state index in [1.807, 2.05) is 6.08 Å². The minimum atomic E-state index is 0.359. The number of nitrogens with two attached hydrogens (primary N) is 1. The molecule has 0 fully saturated rings. The highest BCUT2D eigenvalue weighted by Crippen LogP contribution is 1.90. The van der Waals surface area contributed by atoms with Crippen LogP contribution in [0.15, 0.2) is 12.7 Å². The van der Waals surface area contributed by atoms with Crippen molar-refractivity contribution in [3.63, 3.8) is 0 Å². The Morgan fingerprint density at radius 3 is 2.90 bits per heavy atom. The SMILES string of the molecule is C=CCNCCC(N)CC. The topological polar surface area (TPSA) is 38.0 Å². The molecule has 2 heteroatoms. The van der Waals surface area contributed by atoms with E-state index in [1.54, 1.807) is 0 Å². The van der Waals surface area contributed by atoms with Crippen LogP contribution in [0.4, 0.5) is 0 Å². The van der Waals surface area contributed by atoms with Gasteiger partial charge in [0.15, 0.2) is 0 Å². The van der Waals surface area contributed by atoms with Crippen LogP contribution >= 0.6 is 0 Å². The Balaban J connectivity index is 2.95. The standard InChI is InChI=1S/C8H18N2/c1-3-6-10-7-5-8(9)4-2/h3,8,10H,1,4-7,9H2,2H3. The molecule has 0 saturated heterocycles. The minimum Gasteiger partial charge on any atom is -0.328 e. The van der Waals surface area contributed by atoms with Crippen LogP contribution in [-0.2, 0) is 0 Å². The summed E-state index contributed by atoms with van der Waals surface area (Å²) < 4.78 is 0. The fraction of sp³-hybridized carbons (Fsp3) is 0.750. The van der Waals surface area contributed by atoms with Crippen LogP contribution in [0.5, 0.6) is 0 Å². The van der Waals surface area contributed by atoms with Crippen LogP contribution in [0, 0.1) is 0 Å². The Morgan fingerprint density at radius 1 is 1.70 bits per heavy atom. The van der Waals surface area contributed by atoms with Gasteiger partial charge in [-0.15, -0.1) is 6.58 Å². The lowest BCUT2D eigenvalue weighted by Crippen LogP contribution is -2.25. The van der Waals surface area contributed by atoms with Gasteiger partial charge in [-0.05, 0) is 19.4 Å². The number of rotatable bonds is 6. The first kappa shape index (κ1) is 9.66. The Hall–Kier alpha value is -0.340. The summed E-state index contributed by atoms with van der Waals surface area (Å²) in [6.07, 6.45) is 3.98. The molecule has 0 spiro atoms. The molecule has 1 atom stereocenters. The van der Waals surface area contributed by atoms with Gasteiger partial charge in [-0.25, -0.2) is 0 Å². The molecule has 0 aromatic heterocycles. The van der Waals surface area contributed by atoms with E-state index in [0.717, 1.165) is 25.9 Å². The van der Waals surface area contributed by atoms with Gasteiger partial charge in [-0.2, -0.15) is 0 Å². The van der Waals surface area contributed by atoms with E-state index in [2.05, 4.69) is 18.8 Å². The average molecular weight is 142 g/mol. The molecular formula is C8H18N2. The summed E-state index contributed by atoms with van der Waals surface area (Å²) in [5.41, 5.74) is 5.69. The molecule has 0 aromatic carbocycles. The third kappa shape index (κ3) is 5.79. The molecule has 60 valence electrons. The number of nitrogens with one attached hydrogen (secondary N) is 1. The third-order valence-corrected chi connectivity index (χ3v) is 1.50. The molecule has 0 saturated carbocycles. The van der Waals surface area contributed by atoms with Crippen molar-refractivity contribution in [3.05, 3.63) is 12.7 Å². The van der Waals surface area contributed by atoms with Crippen molar-refractivity contribution in [1.29, 1.82) is 0 Å². The van der Waals surface area contributed by atoms with Crippen molar-refractivity contribution in [2.75, 3.05) is 13.1 Å². The van der Waals surface area contributed by atoms with Crippen LogP contribution in [0.3, 0.4) is 0 Å². The van der Waals surface area contributed by atoms with E-state index >= 15 is 0 Å². The summed E-state index contributed by atoms with van der Waals surface area (Å²) in [5.74, 6) is 0. The number of hydrogen-bond acceptors (Lipinski definition) is 2. The number of hydrogen-bond donors (Lipinski definition) is 2. The lowest BCUT2D eigenvalue weighted by Gasteiger charge is -2.07. The minimum absolute atomic E-state index is 0.359. The Bertz CT molecular complexity index is 81.3. The molecule has 10 heavy (non-hydrogen) atoms. The molecule has 0 heterocycles. The Morgan fingerprint density at radius 2 is 2.40 bits per heavy atom. The van der Waals surface area contributed by atoms with Crippen molar-refractivity contribution in [3.8, 4) is 0 Å². The predicted octanol–water partition coefficient (Wildman–Crippen LogP) is 0.889. The smallest absolute Gasteiger partial charge is 0.0132 e. The maximum Gasteiger partial charge on any atom is 0.0132 e. The van der Waals surface area contributed by atoms with Crippen LogP contribution in [0.25, 0.3) is 0 Å². The molecule has 3 N–H and O–H groups in total. The van der Waals surface area contributed by atoms with Gasteiger partial charge in [0.1, 0.15) is 0 Å². The summed E-state index contributed by atoms with van der Waals surface area (Å²) in [6, 6.07) is 0.359. The van der Waals surface area contributed by atoms with Gasteiger partial charge >= 0.3 is 0 Å². The molecule has 0 amide bonds. The van der Waals surface area contributed by atoms with E-state index in [4.69, 9.17) is 5.73 Å². The zero-order valence-electron chi connectivity index (χ0n) is 6.77. The van der Waals surface area contributed by atoms with Gasteiger partial charge in [-0.1, -0.05) is 13.0 Å². The largest absolute Gasteiger partial charge is 0.328 e. The van der Waals surface area contributed by atoms with E-state index in [0.29, 0.717) is 6.04 Å². The van der Waals surface area contributed by atoms with E-state index < -0.39 is 0 Å². The molecule has 0 rings (SSSR count). The van der Waals surface area contributed by atoms with E-state index in [9.17, 15) is 0 Å². The average Bonchev–Trinajstić information content (AvgIpc) is 1.98. The van der Waals surface area contributed by atoms with Crippen LogP contribution in [0.2, 0.25) is 0 Å². The van der Waals surface area contributed by atoms with Gasteiger partial charge in [0.25, 0.3) is 0 Å². The third-order valence-electron chi connectivity index (χ3n) is 1.50. The van der Waals surface area contributed by atoms with Crippen LogP contribution < -0.4 is 11.1 Å². The molecule has 0 radical (unpaired) electrons. The zero-order chi connectivity index (χ0) is 7.82. The van der Waals surface area contributed by atoms with Crippen LogP contribution in [0.1, 0.15) is 19.8 Å². The first-order chi connectivity index (χ1) is 4.81. The van der Waals surface area contributed by atoms with Gasteiger partial charge in [0.2, 0.25) is 0 Å². The van der Waals surface area contributed by atoms with Crippen molar-refractivity contribution in [2.24, 2.45) is 5.73 Å². The van der Waals surface area contributed by atoms with E-state index in [-0.39, 0.29) is 0 Å². The first-order valence-corrected chi connectivity index (χ1v) is 3.88. The van der Waals surface area contributed by atoms with Crippen molar-refractivity contribution >= 4 is 0 Å². The second kappa shape index (κ2) is 6.78. The highest BCUT2D eigenvalue weighted by molar-refractivity contribution is 4.70. The molecule has 2 nitrogen and oxygen atoms in total. The summed E-state index contributed by atoms with van der Waals surface area (Å²) >= 11 is 0. The summed E-state index contributed by atoms with van der Waals surface area (Å²) in [7, 11) is 0.